The lowest BCUT2D eigenvalue weighted by molar-refractivity contribution is -0.130. The lowest BCUT2D eigenvalue weighted by Crippen LogP contribution is -2.08. The van der Waals surface area contributed by atoms with Crippen molar-refractivity contribution in [1.82, 2.24) is 0 Å². The van der Waals surface area contributed by atoms with Crippen molar-refractivity contribution in [2.45, 2.75) is 39.5 Å². The maximum absolute atomic E-state index is 11.5. The van der Waals surface area contributed by atoms with E-state index >= 15 is 0 Å². The molecule has 0 radical (unpaired) electrons. The summed E-state index contributed by atoms with van der Waals surface area (Å²) in [6.07, 6.45) is 2.29. The summed E-state index contributed by atoms with van der Waals surface area (Å²) in [6.45, 7) is 9.60. The van der Waals surface area contributed by atoms with Crippen molar-refractivity contribution in [1.29, 1.82) is 0 Å². The van der Waals surface area contributed by atoms with E-state index in [9.17, 15) is 4.79 Å². The van der Waals surface area contributed by atoms with Gasteiger partial charge in [-0.3, -0.25) is 0 Å². The van der Waals surface area contributed by atoms with E-state index in [-0.39, 0.29) is 0 Å². The number of esters is 1. The summed E-state index contributed by atoms with van der Waals surface area (Å²) in [4.78, 5) is 11.5. The summed E-state index contributed by atoms with van der Waals surface area (Å²) in [6, 6.07) is 16.5. The molecule has 1 unspecified atom stereocenters. The zero-order valence-corrected chi connectivity index (χ0v) is 14.1. The molecular formula is C21H24O2. The average molecular weight is 308 g/mol. The van der Waals surface area contributed by atoms with Gasteiger partial charge in [-0.1, -0.05) is 63.2 Å². The van der Waals surface area contributed by atoms with Crippen molar-refractivity contribution in [3.8, 4) is 5.75 Å². The second-order valence-corrected chi connectivity index (χ2v) is 5.95. The van der Waals surface area contributed by atoms with Crippen molar-refractivity contribution in [3.63, 3.8) is 0 Å². The molecule has 0 bridgehead atoms. The van der Waals surface area contributed by atoms with E-state index in [2.05, 4.69) is 44.7 Å². The fourth-order valence-corrected chi connectivity index (χ4v) is 2.47. The third-order valence-corrected chi connectivity index (χ3v) is 3.96. The summed E-state index contributed by atoms with van der Waals surface area (Å²) in [5.74, 6) is 0.459. The van der Waals surface area contributed by atoms with Crippen LogP contribution in [0.4, 0.5) is 0 Å². The van der Waals surface area contributed by atoms with E-state index in [0.717, 1.165) is 6.42 Å². The molecule has 0 amide bonds. The highest BCUT2D eigenvalue weighted by molar-refractivity contribution is 5.88. The number of aryl methyl sites for hydroxylation is 1. The molecule has 2 heteroatoms. The molecule has 0 aliphatic carbocycles. The Kier molecular flexibility index (Phi) is 5.75. The van der Waals surface area contributed by atoms with E-state index in [0.29, 0.717) is 17.2 Å². The van der Waals surface area contributed by atoms with Gasteiger partial charge in [-0.2, -0.15) is 0 Å². The number of hydrogen-bond acceptors (Lipinski definition) is 2. The molecule has 1 atom stereocenters. The van der Waals surface area contributed by atoms with Gasteiger partial charge in [0.1, 0.15) is 5.75 Å². The maximum atomic E-state index is 11.5. The summed E-state index contributed by atoms with van der Waals surface area (Å²) in [7, 11) is 0. The Morgan fingerprint density at radius 2 is 1.57 bits per heavy atom. The number of hydrogen-bond donors (Lipinski definition) is 0. The van der Waals surface area contributed by atoms with Gasteiger partial charge >= 0.3 is 5.97 Å². The Morgan fingerprint density at radius 1 is 1.04 bits per heavy atom. The third kappa shape index (κ3) is 4.56. The molecule has 0 heterocycles. The van der Waals surface area contributed by atoms with Crippen LogP contribution in [0.3, 0.4) is 0 Å². The van der Waals surface area contributed by atoms with Gasteiger partial charge in [0.2, 0.25) is 0 Å². The Bertz CT molecular complexity index is 666. The molecule has 0 aromatic heterocycles. The van der Waals surface area contributed by atoms with Crippen molar-refractivity contribution in [3.05, 3.63) is 77.4 Å². The molecule has 2 aromatic carbocycles. The molecule has 0 saturated heterocycles. The SMILES string of the molecule is C=C(C)C(=O)Oc1ccc(C(C)c2ccc(CCC)cc2)cc1. The van der Waals surface area contributed by atoms with Crippen molar-refractivity contribution >= 4 is 5.97 Å². The van der Waals surface area contributed by atoms with E-state index in [1.165, 1.54) is 23.1 Å². The molecule has 2 nitrogen and oxygen atoms in total. The topological polar surface area (TPSA) is 26.3 Å². The molecule has 0 fully saturated rings. The minimum atomic E-state index is -0.391. The van der Waals surface area contributed by atoms with Crippen LogP contribution in [0.15, 0.2) is 60.7 Å². The summed E-state index contributed by atoms with van der Waals surface area (Å²) < 4.78 is 5.22. The zero-order chi connectivity index (χ0) is 16.8. The van der Waals surface area contributed by atoms with Gasteiger partial charge < -0.3 is 4.74 Å². The van der Waals surface area contributed by atoms with Crippen LogP contribution in [0, 0.1) is 0 Å². The van der Waals surface area contributed by atoms with Crippen LogP contribution in [-0.4, -0.2) is 5.97 Å². The van der Waals surface area contributed by atoms with E-state index < -0.39 is 5.97 Å². The Labute approximate surface area is 138 Å². The highest BCUT2D eigenvalue weighted by atomic mass is 16.5. The molecule has 2 rings (SSSR count). The normalized spacial score (nSPS) is 11.8. The quantitative estimate of drug-likeness (QED) is 0.413. The minimum absolute atomic E-state index is 0.302. The van der Waals surface area contributed by atoms with Crippen LogP contribution >= 0.6 is 0 Å². The third-order valence-electron chi connectivity index (χ3n) is 3.96. The maximum Gasteiger partial charge on any atom is 0.338 e. The zero-order valence-electron chi connectivity index (χ0n) is 14.1. The second-order valence-electron chi connectivity index (χ2n) is 5.95. The first-order chi connectivity index (χ1) is 11.0. The lowest BCUT2D eigenvalue weighted by atomic mass is 9.92. The Hall–Kier alpha value is -2.35. The van der Waals surface area contributed by atoms with Crippen LogP contribution in [-0.2, 0) is 11.2 Å². The van der Waals surface area contributed by atoms with E-state index in [1.807, 2.05) is 24.3 Å². The van der Waals surface area contributed by atoms with Crippen LogP contribution in [0.2, 0.25) is 0 Å². The minimum Gasteiger partial charge on any atom is -0.423 e. The average Bonchev–Trinajstić information content (AvgIpc) is 2.56. The fraction of sp³-hybridized carbons (Fsp3) is 0.286. The van der Waals surface area contributed by atoms with E-state index in [1.54, 1.807) is 6.92 Å². The number of ether oxygens (including phenoxy) is 1. The number of benzene rings is 2. The van der Waals surface area contributed by atoms with Crippen LogP contribution in [0.25, 0.3) is 0 Å². The summed E-state index contributed by atoms with van der Waals surface area (Å²) in [5, 5.41) is 0. The highest BCUT2D eigenvalue weighted by Crippen LogP contribution is 2.26. The first-order valence-electron chi connectivity index (χ1n) is 8.07. The van der Waals surface area contributed by atoms with Crippen LogP contribution in [0.1, 0.15) is 49.8 Å². The van der Waals surface area contributed by atoms with Crippen LogP contribution < -0.4 is 4.74 Å². The smallest absolute Gasteiger partial charge is 0.338 e. The highest BCUT2D eigenvalue weighted by Gasteiger charge is 2.10. The molecule has 2 aromatic rings. The monoisotopic (exact) mass is 308 g/mol. The Balaban J connectivity index is 2.08. The molecule has 120 valence electrons. The van der Waals surface area contributed by atoms with Gasteiger partial charge in [0, 0.05) is 11.5 Å². The van der Waals surface area contributed by atoms with Gasteiger partial charge in [0.15, 0.2) is 0 Å². The van der Waals surface area contributed by atoms with E-state index in [4.69, 9.17) is 4.74 Å². The number of rotatable bonds is 6. The first-order valence-corrected chi connectivity index (χ1v) is 8.07. The van der Waals surface area contributed by atoms with Crippen molar-refractivity contribution < 1.29 is 9.53 Å². The standard InChI is InChI=1S/C21H24O2/c1-5-6-17-7-9-18(10-8-17)16(4)19-11-13-20(14-12-19)23-21(22)15(2)3/h7-14,16H,2,5-6H2,1,3-4H3. The van der Waals surface area contributed by atoms with Crippen molar-refractivity contribution in [2.75, 3.05) is 0 Å². The summed E-state index contributed by atoms with van der Waals surface area (Å²) >= 11 is 0. The van der Waals surface area contributed by atoms with Gasteiger partial charge in [-0.05, 0) is 42.2 Å². The fourth-order valence-electron chi connectivity index (χ4n) is 2.47. The lowest BCUT2D eigenvalue weighted by Gasteiger charge is -2.14. The molecule has 23 heavy (non-hydrogen) atoms. The Morgan fingerprint density at radius 3 is 2.04 bits per heavy atom. The molecule has 0 saturated carbocycles. The molecule has 0 spiro atoms. The predicted molar refractivity (Wildman–Crippen MR) is 94.8 cm³/mol. The molecule has 0 aliphatic rings. The predicted octanol–water partition coefficient (Wildman–Crippen LogP) is 5.27. The molecule has 0 aliphatic heterocycles. The number of carbonyl (C=O) groups excluding carboxylic acids is 1. The van der Waals surface area contributed by atoms with Crippen LogP contribution in [0.5, 0.6) is 5.75 Å². The number of carbonyl (C=O) groups is 1. The first kappa shape index (κ1) is 17.0. The van der Waals surface area contributed by atoms with Crippen molar-refractivity contribution in [2.24, 2.45) is 0 Å². The molecule has 0 N–H and O–H groups in total. The van der Waals surface area contributed by atoms with Gasteiger partial charge in [-0.25, -0.2) is 4.79 Å². The van der Waals surface area contributed by atoms with Gasteiger partial charge in [0.25, 0.3) is 0 Å². The van der Waals surface area contributed by atoms with Gasteiger partial charge in [-0.15, -0.1) is 0 Å². The molecular weight excluding hydrogens is 284 g/mol. The summed E-state index contributed by atoms with van der Waals surface area (Å²) in [5.41, 5.74) is 4.26. The van der Waals surface area contributed by atoms with Gasteiger partial charge in [0.05, 0.1) is 0 Å². The largest absolute Gasteiger partial charge is 0.423 e. The second kappa shape index (κ2) is 7.77.